The predicted octanol–water partition coefficient (Wildman–Crippen LogP) is 10.5. The molecule has 0 saturated heterocycles. The summed E-state index contributed by atoms with van der Waals surface area (Å²) < 4.78 is 0. The second-order valence-corrected chi connectivity index (χ2v) is 10.3. The Morgan fingerprint density at radius 2 is 0.643 bits per heavy atom. The van der Waals surface area contributed by atoms with Gasteiger partial charge in [-0.3, -0.25) is 0 Å². The largest absolute Gasteiger partial charge is 0.237 e. The van der Waals surface area contributed by atoms with Crippen molar-refractivity contribution in [3.8, 4) is 67.2 Å². The van der Waals surface area contributed by atoms with E-state index in [-0.39, 0.29) is 0 Å². The van der Waals surface area contributed by atoms with Crippen molar-refractivity contribution >= 4 is 0 Å². The average molecular weight is 537 g/mol. The smallest absolute Gasteiger partial charge is 0.159 e. The summed E-state index contributed by atoms with van der Waals surface area (Å²) in [5.41, 5.74) is 12.6. The predicted molar refractivity (Wildman–Crippen MR) is 175 cm³/mol. The third-order valence-corrected chi connectivity index (χ3v) is 7.54. The maximum atomic E-state index is 4.87. The molecule has 2 heteroatoms. The Morgan fingerprint density at radius 3 is 1.12 bits per heavy atom. The molecule has 2 nitrogen and oxygen atoms in total. The first-order valence-corrected chi connectivity index (χ1v) is 14.2. The highest BCUT2D eigenvalue weighted by Crippen LogP contribution is 2.33. The van der Waals surface area contributed by atoms with E-state index in [2.05, 4.69) is 132 Å². The fourth-order valence-corrected chi connectivity index (χ4v) is 5.37. The summed E-state index contributed by atoms with van der Waals surface area (Å²) >= 11 is 0. The van der Waals surface area contributed by atoms with E-state index in [1.807, 2.05) is 42.6 Å². The molecule has 0 N–H and O–H groups in total. The summed E-state index contributed by atoms with van der Waals surface area (Å²) in [6.07, 6.45) is 1.83. The zero-order valence-electron chi connectivity index (χ0n) is 23.1. The van der Waals surface area contributed by atoms with Crippen LogP contribution >= 0.6 is 0 Å². The van der Waals surface area contributed by atoms with Crippen LogP contribution in [-0.2, 0) is 0 Å². The lowest BCUT2D eigenvalue weighted by molar-refractivity contribution is 1.18. The lowest BCUT2D eigenvalue weighted by atomic mass is 9.94. The topological polar surface area (TPSA) is 25.8 Å². The molecular weight excluding hydrogens is 508 g/mol. The SMILES string of the molecule is c1ccc(-c2cccc(-c3cccc(-c4cccc(-c5cccc(-c6ccnc(-c7ccccc7)n6)c5)c4)c3)c2)cc1. The summed E-state index contributed by atoms with van der Waals surface area (Å²) in [5, 5.41) is 0. The van der Waals surface area contributed by atoms with E-state index >= 15 is 0 Å². The van der Waals surface area contributed by atoms with Crippen LogP contribution in [0.3, 0.4) is 0 Å². The molecule has 6 aromatic carbocycles. The van der Waals surface area contributed by atoms with Gasteiger partial charge in [-0.25, -0.2) is 9.97 Å². The molecule has 7 aromatic rings. The van der Waals surface area contributed by atoms with E-state index in [4.69, 9.17) is 4.98 Å². The molecule has 1 aromatic heterocycles. The van der Waals surface area contributed by atoms with Crippen LogP contribution in [0.5, 0.6) is 0 Å². The van der Waals surface area contributed by atoms with Crippen LogP contribution < -0.4 is 0 Å². The first-order chi connectivity index (χ1) is 20.8. The van der Waals surface area contributed by atoms with Crippen LogP contribution in [-0.4, -0.2) is 9.97 Å². The van der Waals surface area contributed by atoms with Crippen LogP contribution in [0.4, 0.5) is 0 Å². The summed E-state index contributed by atoms with van der Waals surface area (Å²) in [7, 11) is 0. The van der Waals surface area contributed by atoms with Crippen molar-refractivity contribution < 1.29 is 0 Å². The third-order valence-electron chi connectivity index (χ3n) is 7.54. The van der Waals surface area contributed by atoms with Crippen LogP contribution in [0.2, 0.25) is 0 Å². The molecule has 42 heavy (non-hydrogen) atoms. The summed E-state index contributed by atoms with van der Waals surface area (Å²) in [6.45, 7) is 0. The second-order valence-electron chi connectivity index (χ2n) is 10.3. The van der Waals surface area contributed by atoms with Gasteiger partial charge in [0.25, 0.3) is 0 Å². The number of nitrogens with zero attached hydrogens (tertiary/aromatic N) is 2. The minimum atomic E-state index is 0.731. The molecule has 0 radical (unpaired) electrons. The van der Waals surface area contributed by atoms with Gasteiger partial charge < -0.3 is 0 Å². The first-order valence-electron chi connectivity index (χ1n) is 14.2. The van der Waals surface area contributed by atoms with Crippen LogP contribution in [0, 0.1) is 0 Å². The van der Waals surface area contributed by atoms with E-state index < -0.39 is 0 Å². The maximum Gasteiger partial charge on any atom is 0.159 e. The fraction of sp³-hybridized carbons (Fsp3) is 0. The van der Waals surface area contributed by atoms with E-state index in [9.17, 15) is 0 Å². The van der Waals surface area contributed by atoms with Gasteiger partial charge in [-0.05, 0) is 74.8 Å². The monoisotopic (exact) mass is 536 g/mol. The minimum absolute atomic E-state index is 0.731. The number of hydrogen-bond donors (Lipinski definition) is 0. The summed E-state index contributed by atoms with van der Waals surface area (Å²) in [4.78, 5) is 9.36. The van der Waals surface area contributed by atoms with Crippen molar-refractivity contribution in [3.05, 3.63) is 170 Å². The van der Waals surface area contributed by atoms with E-state index in [1.165, 1.54) is 38.9 Å². The second kappa shape index (κ2) is 11.5. The zero-order valence-corrected chi connectivity index (χ0v) is 23.1. The molecule has 1 heterocycles. The number of benzene rings is 6. The molecular formula is C40H28N2. The highest BCUT2D eigenvalue weighted by Gasteiger charge is 2.09. The van der Waals surface area contributed by atoms with Crippen LogP contribution in [0.1, 0.15) is 0 Å². The molecule has 0 spiro atoms. The van der Waals surface area contributed by atoms with Gasteiger partial charge in [0.1, 0.15) is 0 Å². The summed E-state index contributed by atoms with van der Waals surface area (Å²) in [6, 6.07) is 57.5. The Morgan fingerprint density at radius 1 is 0.286 bits per heavy atom. The van der Waals surface area contributed by atoms with Gasteiger partial charge in [-0.2, -0.15) is 0 Å². The van der Waals surface area contributed by atoms with Gasteiger partial charge in [0.15, 0.2) is 5.82 Å². The van der Waals surface area contributed by atoms with Crippen molar-refractivity contribution in [3.63, 3.8) is 0 Å². The Balaban J connectivity index is 1.19. The quantitative estimate of drug-likeness (QED) is 0.211. The van der Waals surface area contributed by atoms with Crippen molar-refractivity contribution in [1.29, 1.82) is 0 Å². The van der Waals surface area contributed by atoms with Gasteiger partial charge in [0.2, 0.25) is 0 Å². The Labute approximate surface area is 246 Å². The molecule has 0 aliphatic rings. The number of hydrogen-bond acceptors (Lipinski definition) is 2. The molecule has 0 atom stereocenters. The molecule has 0 saturated carbocycles. The molecule has 0 aliphatic heterocycles. The highest BCUT2D eigenvalue weighted by molar-refractivity contribution is 5.80. The van der Waals surface area contributed by atoms with Gasteiger partial charge in [-0.15, -0.1) is 0 Å². The maximum absolute atomic E-state index is 4.87. The first kappa shape index (κ1) is 25.4. The van der Waals surface area contributed by atoms with E-state index in [1.54, 1.807) is 0 Å². The van der Waals surface area contributed by atoms with Gasteiger partial charge >= 0.3 is 0 Å². The summed E-state index contributed by atoms with van der Waals surface area (Å²) in [5.74, 6) is 0.731. The Hall–Kier alpha value is -5.60. The lowest BCUT2D eigenvalue weighted by Gasteiger charge is -2.11. The molecule has 0 amide bonds. The molecule has 0 aliphatic carbocycles. The van der Waals surface area contributed by atoms with Crippen LogP contribution in [0.25, 0.3) is 67.2 Å². The molecule has 0 unspecified atom stereocenters. The van der Waals surface area contributed by atoms with E-state index in [0.717, 1.165) is 28.2 Å². The lowest BCUT2D eigenvalue weighted by Crippen LogP contribution is -1.91. The zero-order chi connectivity index (χ0) is 28.1. The standard InChI is InChI=1S/C40H28N2/c1-3-11-29(12-4-1)31-15-7-16-32(25-31)33-17-8-18-34(26-33)35-19-9-20-36(27-35)37-21-10-22-38(28-37)39-23-24-41-40(42-39)30-13-5-2-6-14-30/h1-28H. The molecule has 0 fully saturated rings. The molecule has 0 bridgehead atoms. The highest BCUT2D eigenvalue weighted by atomic mass is 14.9. The number of rotatable bonds is 6. The molecule has 198 valence electrons. The van der Waals surface area contributed by atoms with Crippen molar-refractivity contribution in [1.82, 2.24) is 9.97 Å². The van der Waals surface area contributed by atoms with E-state index in [0.29, 0.717) is 0 Å². The molecule has 7 rings (SSSR count). The number of aromatic nitrogens is 2. The van der Waals surface area contributed by atoms with Crippen molar-refractivity contribution in [2.24, 2.45) is 0 Å². The Bertz CT molecular complexity index is 1840. The minimum Gasteiger partial charge on any atom is -0.237 e. The van der Waals surface area contributed by atoms with Gasteiger partial charge in [0.05, 0.1) is 5.69 Å². The van der Waals surface area contributed by atoms with Gasteiger partial charge in [0, 0.05) is 17.3 Å². The van der Waals surface area contributed by atoms with Crippen molar-refractivity contribution in [2.45, 2.75) is 0 Å². The average Bonchev–Trinajstić information content (AvgIpc) is 3.09. The van der Waals surface area contributed by atoms with Crippen molar-refractivity contribution in [2.75, 3.05) is 0 Å². The third kappa shape index (κ3) is 5.39. The Kier molecular flexibility index (Phi) is 6.94. The van der Waals surface area contributed by atoms with Gasteiger partial charge in [-0.1, -0.05) is 133 Å². The van der Waals surface area contributed by atoms with Crippen LogP contribution in [0.15, 0.2) is 170 Å². The fourth-order valence-electron chi connectivity index (χ4n) is 5.37. The normalized spacial score (nSPS) is 10.9.